The molecule has 1 heterocycles. The Morgan fingerprint density at radius 2 is 1.88 bits per heavy atom. The third-order valence-corrected chi connectivity index (χ3v) is 3.55. The van der Waals surface area contributed by atoms with E-state index >= 15 is 0 Å². The zero-order chi connectivity index (χ0) is 12.4. The summed E-state index contributed by atoms with van der Waals surface area (Å²) in [5.74, 6) is 0.839. The summed E-state index contributed by atoms with van der Waals surface area (Å²) in [6.45, 7) is 0. The van der Waals surface area contributed by atoms with E-state index in [1.807, 2.05) is 36.2 Å². The topological polar surface area (TPSA) is 16.1 Å². The minimum Gasteiger partial charge on any atom is -0.329 e. The van der Waals surface area contributed by atoms with E-state index in [2.05, 4.69) is 20.9 Å². The first-order chi connectivity index (χ1) is 8.08. The molecule has 0 saturated heterocycles. The van der Waals surface area contributed by atoms with Gasteiger partial charge in [0.2, 0.25) is 0 Å². The average Bonchev–Trinajstić information content (AvgIpc) is 2.33. The summed E-state index contributed by atoms with van der Waals surface area (Å²) in [6, 6.07) is 9.35. The van der Waals surface area contributed by atoms with Crippen LogP contribution in [0.5, 0.6) is 0 Å². The highest BCUT2D eigenvalue weighted by Gasteiger charge is 2.07. The first kappa shape index (κ1) is 12.7. The van der Waals surface area contributed by atoms with Crippen LogP contribution in [-0.2, 0) is 0 Å². The van der Waals surface area contributed by atoms with E-state index in [1.54, 1.807) is 12.3 Å². The maximum Gasteiger partial charge on any atom is 0.132 e. The summed E-state index contributed by atoms with van der Waals surface area (Å²) in [4.78, 5) is 6.25. The Kier molecular flexibility index (Phi) is 3.92. The monoisotopic (exact) mass is 330 g/mol. The number of rotatable bonds is 2. The van der Waals surface area contributed by atoms with Crippen LogP contribution in [-0.4, -0.2) is 12.0 Å². The molecule has 0 amide bonds. The molecule has 0 aliphatic heterocycles. The highest BCUT2D eigenvalue weighted by molar-refractivity contribution is 9.10. The summed E-state index contributed by atoms with van der Waals surface area (Å²) in [7, 11) is 1.93. The molecule has 0 spiro atoms. The summed E-state index contributed by atoms with van der Waals surface area (Å²) in [5, 5.41) is 1.08. The lowest BCUT2D eigenvalue weighted by atomic mass is 10.3. The van der Waals surface area contributed by atoms with Crippen molar-refractivity contribution < 1.29 is 0 Å². The van der Waals surface area contributed by atoms with Gasteiger partial charge in [-0.25, -0.2) is 4.98 Å². The van der Waals surface area contributed by atoms with E-state index in [1.165, 1.54) is 0 Å². The van der Waals surface area contributed by atoms with Gasteiger partial charge >= 0.3 is 0 Å². The second kappa shape index (κ2) is 5.25. The molecule has 0 aliphatic rings. The lowest BCUT2D eigenvalue weighted by molar-refractivity contribution is 1.12. The Bertz CT molecular complexity index is 529. The molecular formula is C12H9BrCl2N2. The lowest BCUT2D eigenvalue weighted by Gasteiger charge is -2.18. The highest BCUT2D eigenvalue weighted by Crippen LogP contribution is 2.29. The van der Waals surface area contributed by atoms with Gasteiger partial charge in [-0.05, 0) is 46.3 Å². The van der Waals surface area contributed by atoms with E-state index in [9.17, 15) is 0 Å². The Morgan fingerprint density at radius 3 is 2.47 bits per heavy atom. The SMILES string of the molecule is CN(c1ccc(Cl)c(Cl)c1)c1ccc(Br)cn1. The van der Waals surface area contributed by atoms with Crippen molar-refractivity contribution >= 4 is 50.6 Å². The zero-order valence-electron chi connectivity index (χ0n) is 8.99. The molecule has 0 bridgehead atoms. The summed E-state index contributed by atoms with van der Waals surface area (Å²) in [6.07, 6.45) is 1.75. The number of anilines is 2. The van der Waals surface area contributed by atoms with Crippen molar-refractivity contribution in [3.63, 3.8) is 0 Å². The maximum atomic E-state index is 5.98. The van der Waals surface area contributed by atoms with E-state index in [0.717, 1.165) is 16.0 Å². The van der Waals surface area contributed by atoms with Gasteiger partial charge in [0.15, 0.2) is 0 Å². The van der Waals surface area contributed by atoms with E-state index in [0.29, 0.717) is 10.0 Å². The quantitative estimate of drug-likeness (QED) is 0.776. The predicted octanol–water partition coefficient (Wildman–Crippen LogP) is 4.92. The molecule has 0 fully saturated rings. The molecule has 17 heavy (non-hydrogen) atoms. The molecule has 1 aromatic carbocycles. The van der Waals surface area contributed by atoms with Crippen molar-refractivity contribution in [2.45, 2.75) is 0 Å². The smallest absolute Gasteiger partial charge is 0.132 e. The fourth-order valence-electron chi connectivity index (χ4n) is 1.39. The van der Waals surface area contributed by atoms with Gasteiger partial charge in [0, 0.05) is 23.4 Å². The first-order valence-corrected chi connectivity index (χ1v) is 6.43. The number of hydrogen-bond donors (Lipinski definition) is 0. The van der Waals surface area contributed by atoms with Gasteiger partial charge in [0.05, 0.1) is 10.0 Å². The minimum atomic E-state index is 0.535. The molecule has 2 nitrogen and oxygen atoms in total. The molecule has 0 saturated carbocycles. The van der Waals surface area contributed by atoms with Gasteiger partial charge in [-0.2, -0.15) is 0 Å². The van der Waals surface area contributed by atoms with Crippen LogP contribution in [0.1, 0.15) is 0 Å². The number of pyridine rings is 1. The second-order valence-electron chi connectivity index (χ2n) is 3.49. The van der Waals surface area contributed by atoms with E-state index < -0.39 is 0 Å². The number of benzene rings is 1. The summed E-state index contributed by atoms with van der Waals surface area (Å²) >= 11 is 15.2. The van der Waals surface area contributed by atoms with Crippen molar-refractivity contribution in [3.05, 3.63) is 51.0 Å². The van der Waals surface area contributed by atoms with Crippen LogP contribution in [0.4, 0.5) is 11.5 Å². The Hall–Kier alpha value is -0.770. The number of halogens is 3. The summed E-state index contributed by atoms with van der Waals surface area (Å²) in [5.41, 5.74) is 0.939. The summed E-state index contributed by atoms with van der Waals surface area (Å²) < 4.78 is 0.948. The third kappa shape index (κ3) is 2.92. The Morgan fingerprint density at radius 1 is 1.12 bits per heavy atom. The molecular weight excluding hydrogens is 323 g/mol. The van der Waals surface area contributed by atoms with Crippen LogP contribution in [0.3, 0.4) is 0 Å². The lowest BCUT2D eigenvalue weighted by Crippen LogP contribution is -2.10. The molecule has 0 radical (unpaired) electrons. The van der Waals surface area contributed by atoms with E-state index in [-0.39, 0.29) is 0 Å². The molecule has 2 rings (SSSR count). The molecule has 88 valence electrons. The standard InChI is InChI=1S/C12H9BrCl2N2/c1-17(12-5-2-8(13)7-16-12)9-3-4-10(14)11(15)6-9/h2-7H,1H3. The number of aromatic nitrogens is 1. The fraction of sp³-hybridized carbons (Fsp3) is 0.0833. The first-order valence-electron chi connectivity index (χ1n) is 4.88. The molecule has 0 atom stereocenters. The molecule has 1 aromatic heterocycles. The van der Waals surface area contributed by atoms with Crippen molar-refractivity contribution in [2.75, 3.05) is 11.9 Å². The van der Waals surface area contributed by atoms with Crippen LogP contribution in [0, 0.1) is 0 Å². The van der Waals surface area contributed by atoms with Gasteiger partial charge in [0.25, 0.3) is 0 Å². The molecule has 0 aliphatic carbocycles. The highest BCUT2D eigenvalue weighted by atomic mass is 79.9. The van der Waals surface area contributed by atoms with Crippen LogP contribution >= 0.6 is 39.1 Å². The molecule has 5 heteroatoms. The second-order valence-corrected chi connectivity index (χ2v) is 5.22. The maximum absolute atomic E-state index is 5.98. The van der Waals surface area contributed by atoms with Crippen molar-refractivity contribution in [2.24, 2.45) is 0 Å². The predicted molar refractivity (Wildman–Crippen MR) is 76.5 cm³/mol. The van der Waals surface area contributed by atoms with Gasteiger partial charge in [0.1, 0.15) is 5.82 Å². The normalized spacial score (nSPS) is 10.4. The van der Waals surface area contributed by atoms with E-state index in [4.69, 9.17) is 23.2 Å². The largest absolute Gasteiger partial charge is 0.329 e. The van der Waals surface area contributed by atoms with Gasteiger partial charge in [-0.15, -0.1) is 0 Å². The minimum absolute atomic E-state index is 0.535. The van der Waals surface area contributed by atoms with Crippen LogP contribution in [0.15, 0.2) is 41.0 Å². The van der Waals surface area contributed by atoms with Crippen molar-refractivity contribution in [3.8, 4) is 0 Å². The zero-order valence-corrected chi connectivity index (χ0v) is 12.1. The fourth-order valence-corrected chi connectivity index (χ4v) is 1.92. The van der Waals surface area contributed by atoms with Gasteiger partial charge in [-0.1, -0.05) is 23.2 Å². The van der Waals surface area contributed by atoms with Gasteiger partial charge < -0.3 is 4.90 Å². The van der Waals surface area contributed by atoms with Crippen molar-refractivity contribution in [1.29, 1.82) is 0 Å². The average molecular weight is 332 g/mol. The molecule has 0 N–H and O–H groups in total. The van der Waals surface area contributed by atoms with Crippen LogP contribution < -0.4 is 4.90 Å². The Labute approximate surface area is 118 Å². The third-order valence-electron chi connectivity index (χ3n) is 2.35. The van der Waals surface area contributed by atoms with Gasteiger partial charge in [-0.3, -0.25) is 0 Å². The van der Waals surface area contributed by atoms with Crippen molar-refractivity contribution in [1.82, 2.24) is 4.98 Å². The van der Waals surface area contributed by atoms with Crippen LogP contribution in [0.2, 0.25) is 10.0 Å². The number of nitrogens with zero attached hydrogens (tertiary/aromatic N) is 2. The molecule has 2 aromatic rings. The van der Waals surface area contributed by atoms with Crippen LogP contribution in [0.25, 0.3) is 0 Å². The Balaban J connectivity index is 2.33. The molecule has 0 unspecified atom stereocenters. The number of hydrogen-bond acceptors (Lipinski definition) is 2.